The zero-order valence-electron chi connectivity index (χ0n) is 10.3. The molecule has 0 aliphatic heterocycles. The minimum atomic E-state index is -0.309. The number of hydrogen-bond acceptors (Lipinski definition) is 2. The van der Waals surface area contributed by atoms with Crippen molar-refractivity contribution in [2.75, 3.05) is 7.11 Å². The third kappa shape index (κ3) is 2.60. The van der Waals surface area contributed by atoms with Crippen molar-refractivity contribution in [3.63, 3.8) is 0 Å². The van der Waals surface area contributed by atoms with Gasteiger partial charge in [0.05, 0.1) is 13.2 Å². The third-order valence-electron chi connectivity index (χ3n) is 3.90. The molecular weight excluding hydrogens is 219 g/mol. The Hall–Kier alpha value is -1.09. The molecule has 0 spiro atoms. The first-order valence-electron chi connectivity index (χ1n) is 6.12. The van der Waals surface area contributed by atoms with Gasteiger partial charge in [-0.25, -0.2) is 4.39 Å². The molecular formula is C14H19FO2. The topological polar surface area (TPSA) is 29.5 Å². The minimum Gasteiger partial charge on any atom is -0.494 e. The van der Waals surface area contributed by atoms with Crippen LogP contribution in [0.15, 0.2) is 18.2 Å². The van der Waals surface area contributed by atoms with Gasteiger partial charge >= 0.3 is 0 Å². The summed E-state index contributed by atoms with van der Waals surface area (Å²) in [6.07, 6.45) is 2.53. The van der Waals surface area contributed by atoms with E-state index in [1.807, 2.05) is 6.07 Å². The van der Waals surface area contributed by atoms with Crippen molar-refractivity contribution in [3.05, 3.63) is 29.6 Å². The van der Waals surface area contributed by atoms with Gasteiger partial charge in [0.25, 0.3) is 0 Å². The van der Waals surface area contributed by atoms with Crippen LogP contribution in [0.1, 0.15) is 25.3 Å². The molecule has 94 valence electrons. The molecule has 0 saturated heterocycles. The summed E-state index contributed by atoms with van der Waals surface area (Å²) >= 11 is 0. The van der Waals surface area contributed by atoms with Crippen molar-refractivity contribution in [1.29, 1.82) is 0 Å². The molecule has 0 amide bonds. The predicted octanol–water partition coefficient (Wildman–Crippen LogP) is 2.78. The van der Waals surface area contributed by atoms with E-state index in [0.29, 0.717) is 11.8 Å². The number of ether oxygens (including phenoxy) is 1. The Kier molecular flexibility index (Phi) is 3.67. The van der Waals surface area contributed by atoms with Crippen LogP contribution in [0.25, 0.3) is 0 Å². The summed E-state index contributed by atoms with van der Waals surface area (Å²) in [5.41, 5.74) is 0.981. The van der Waals surface area contributed by atoms with Gasteiger partial charge in [-0.1, -0.05) is 13.0 Å². The molecule has 2 rings (SSSR count). The summed E-state index contributed by atoms with van der Waals surface area (Å²) in [5.74, 6) is 0.738. The lowest BCUT2D eigenvalue weighted by molar-refractivity contribution is 0.127. The first-order chi connectivity index (χ1) is 8.11. The molecule has 0 heterocycles. The summed E-state index contributed by atoms with van der Waals surface area (Å²) in [4.78, 5) is 0. The first-order valence-corrected chi connectivity index (χ1v) is 6.12. The zero-order chi connectivity index (χ0) is 12.4. The van der Waals surface area contributed by atoms with E-state index >= 15 is 0 Å². The molecule has 0 bridgehead atoms. The van der Waals surface area contributed by atoms with Crippen molar-refractivity contribution in [2.45, 2.75) is 32.3 Å². The highest BCUT2D eigenvalue weighted by molar-refractivity contribution is 5.29. The fraction of sp³-hybridized carbons (Fsp3) is 0.571. The predicted molar refractivity (Wildman–Crippen MR) is 64.6 cm³/mol. The minimum absolute atomic E-state index is 0.192. The number of aliphatic hydroxyl groups excluding tert-OH is 1. The van der Waals surface area contributed by atoms with E-state index in [2.05, 4.69) is 6.92 Å². The molecule has 17 heavy (non-hydrogen) atoms. The molecule has 0 radical (unpaired) electrons. The van der Waals surface area contributed by atoms with Gasteiger partial charge in [0.1, 0.15) is 0 Å². The molecule has 1 aliphatic rings. The summed E-state index contributed by atoms with van der Waals surface area (Å²) < 4.78 is 18.4. The highest BCUT2D eigenvalue weighted by Gasteiger charge is 2.31. The number of hydrogen-bond donors (Lipinski definition) is 1. The molecule has 1 aliphatic carbocycles. The maximum atomic E-state index is 13.5. The molecule has 1 aromatic rings. The zero-order valence-corrected chi connectivity index (χ0v) is 10.3. The average molecular weight is 238 g/mol. The number of methoxy groups -OCH3 is 1. The second-order valence-electron chi connectivity index (χ2n) is 4.94. The first kappa shape index (κ1) is 12.4. The second-order valence-corrected chi connectivity index (χ2v) is 4.94. The van der Waals surface area contributed by atoms with Gasteiger partial charge in [-0.2, -0.15) is 0 Å². The summed E-state index contributed by atoms with van der Waals surface area (Å²) in [6, 6.07) is 5.11. The fourth-order valence-electron chi connectivity index (χ4n) is 2.65. The summed E-state index contributed by atoms with van der Waals surface area (Å²) in [5, 5.41) is 9.69. The van der Waals surface area contributed by atoms with Crippen LogP contribution in [-0.2, 0) is 6.42 Å². The number of aliphatic hydroxyl groups is 1. The van der Waals surface area contributed by atoms with Crippen LogP contribution in [0.5, 0.6) is 5.75 Å². The van der Waals surface area contributed by atoms with Gasteiger partial charge in [-0.15, -0.1) is 0 Å². The lowest BCUT2D eigenvalue weighted by Gasteiger charge is -2.17. The van der Waals surface area contributed by atoms with Crippen molar-refractivity contribution in [3.8, 4) is 5.75 Å². The van der Waals surface area contributed by atoms with Gasteiger partial charge < -0.3 is 9.84 Å². The van der Waals surface area contributed by atoms with Crippen molar-refractivity contribution in [2.24, 2.45) is 11.8 Å². The lowest BCUT2D eigenvalue weighted by atomic mass is 9.90. The molecule has 0 aromatic heterocycles. The number of benzene rings is 1. The Morgan fingerprint density at radius 1 is 1.41 bits per heavy atom. The van der Waals surface area contributed by atoms with E-state index in [1.165, 1.54) is 13.2 Å². The van der Waals surface area contributed by atoms with Crippen molar-refractivity contribution < 1.29 is 14.2 Å². The molecule has 1 saturated carbocycles. The van der Waals surface area contributed by atoms with Crippen molar-refractivity contribution >= 4 is 0 Å². The normalized spacial score (nSPS) is 28.4. The van der Waals surface area contributed by atoms with Crippen LogP contribution in [0.3, 0.4) is 0 Å². The summed E-state index contributed by atoms with van der Waals surface area (Å²) in [7, 11) is 1.47. The Bertz CT molecular complexity index is 392. The molecule has 3 unspecified atom stereocenters. The number of rotatable bonds is 3. The Labute approximate surface area is 101 Å². The average Bonchev–Trinajstić information content (AvgIpc) is 2.61. The molecule has 3 heteroatoms. The maximum Gasteiger partial charge on any atom is 0.165 e. The second kappa shape index (κ2) is 5.05. The Morgan fingerprint density at radius 2 is 2.18 bits per heavy atom. The van der Waals surface area contributed by atoms with Crippen LogP contribution in [0.2, 0.25) is 0 Å². The maximum absolute atomic E-state index is 13.5. The number of halogens is 1. The van der Waals surface area contributed by atoms with Crippen LogP contribution in [-0.4, -0.2) is 18.3 Å². The van der Waals surface area contributed by atoms with Gasteiger partial charge in [0.15, 0.2) is 11.6 Å². The molecule has 1 N–H and O–H groups in total. The fourth-order valence-corrected chi connectivity index (χ4v) is 2.65. The highest BCUT2D eigenvalue weighted by Crippen LogP contribution is 2.34. The summed E-state index contributed by atoms with van der Waals surface area (Å²) in [6.45, 7) is 2.07. The van der Waals surface area contributed by atoms with E-state index in [9.17, 15) is 9.50 Å². The van der Waals surface area contributed by atoms with Crippen LogP contribution in [0.4, 0.5) is 4.39 Å². The standard InChI is InChI=1S/C14H19FO2/c1-9-11(4-5-13(9)16)7-10-3-6-14(17-2)12(15)8-10/h3,6,8-9,11,13,16H,4-5,7H2,1-2H3. The Balaban J connectivity index is 2.06. The smallest absolute Gasteiger partial charge is 0.165 e. The Morgan fingerprint density at radius 3 is 2.71 bits per heavy atom. The van der Waals surface area contributed by atoms with Crippen LogP contribution in [0, 0.1) is 17.7 Å². The van der Waals surface area contributed by atoms with E-state index in [0.717, 1.165) is 24.8 Å². The van der Waals surface area contributed by atoms with Crippen LogP contribution >= 0.6 is 0 Å². The van der Waals surface area contributed by atoms with Crippen molar-refractivity contribution in [1.82, 2.24) is 0 Å². The quantitative estimate of drug-likeness (QED) is 0.877. The lowest BCUT2D eigenvalue weighted by Crippen LogP contribution is -2.16. The molecule has 1 fully saturated rings. The molecule has 1 aromatic carbocycles. The van der Waals surface area contributed by atoms with Crippen LogP contribution < -0.4 is 4.74 Å². The van der Waals surface area contributed by atoms with Gasteiger partial charge in [0, 0.05) is 0 Å². The van der Waals surface area contributed by atoms with E-state index in [4.69, 9.17) is 4.74 Å². The molecule has 2 nitrogen and oxygen atoms in total. The monoisotopic (exact) mass is 238 g/mol. The van der Waals surface area contributed by atoms with E-state index in [-0.39, 0.29) is 17.7 Å². The molecule has 3 atom stereocenters. The van der Waals surface area contributed by atoms with Gasteiger partial charge in [-0.3, -0.25) is 0 Å². The largest absolute Gasteiger partial charge is 0.494 e. The van der Waals surface area contributed by atoms with Gasteiger partial charge in [0.2, 0.25) is 0 Å². The SMILES string of the molecule is COc1ccc(CC2CCC(O)C2C)cc1F. The van der Waals surface area contributed by atoms with E-state index < -0.39 is 0 Å². The van der Waals surface area contributed by atoms with Gasteiger partial charge in [-0.05, 0) is 48.8 Å². The third-order valence-corrected chi connectivity index (χ3v) is 3.90. The highest BCUT2D eigenvalue weighted by atomic mass is 19.1. The van der Waals surface area contributed by atoms with E-state index in [1.54, 1.807) is 6.07 Å².